The van der Waals surface area contributed by atoms with E-state index in [0.29, 0.717) is 24.7 Å². The number of sulfonamides is 1. The molecule has 152 valence electrons. The minimum atomic E-state index is -3.68. The van der Waals surface area contributed by atoms with Crippen molar-refractivity contribution in [2.75, 3.05) is 32.8 Å². The molecule has 0 spiro atoms. The highest BCUT2D eigenvalue weighted by molar-refractivity contribution is 7.89. The van der Waals surface area contributed by atoms with Gasteiger partial charge in [-0.3, -0.25) is 4.90 Å². The molecule has 0 radical (unpaired) electrons. The smallest absolute Gasteiger partial charge is 0.240 e. The molecule has 0 saturated carbocycles. The normalized spacial score (nSPS) is 19.1. The van der Waals surface area contributed by atoms with Crippen LogP contribution in [0.3, 0.4) is 0 Å². The third-order valence-electron chi connectivity index (χ3n) is 5.24. The molecule has 8 heteroatoms. The topological polar surface area (TPSA) is 81.0 Å². The van der Waals surface area contributed by atoms with Gasteiger partial charge in [-0.05, 0) is 50.2 Å². The first kappa shape index (κ1) is 19.3. The van der Waals surface area contributed by atoms with Crippen LogP contribution in [0.1, 0.15) is 37.5 Å². The van der Waals surface area contributed by atoms with Crippen molar-refractivity contribution in [1.29, 1.82) is 0 Å². The number of ether oxygens (including phenoxy) is 2. The molecule has 2 aliphatic rings. The summed E-state index contributed by atoms with van der Waals surface area (Å²) < 4.78 is 45.1. The van der Waals surface area contributed by atoms with Crippen LogP contribution >= 0.6 is 0 Å². The molecule has 0 bridgehead atoms. The lowest BCUT2D eigenvalue weighted by atomic mass is 10.2. The average molecular weight is 407 g/mol. The zero-order valence-electron chi connectivity index (χ0n) is 15.8. The van der Waals surface area contributed by atoms with Gasteiger partial charge in [0, 0.05) is 12.6 Å². The number of benzene rings is 1. The Morgan fingerprint density at radius 3 is 2.46 bits per heavy atom. The minimum Gasteiger partial charge on any atom is -0.486 e. The van der Waals surface area contributed by atoms with Crippen molar-refractivity contribution < 1.29 is 22.3 Å². The third-order valence-corrected chi connectivity index (χ3v) is 6.66. The molecular weight excluding hydrogens is 380 g/mol. The van der Waals surface area contributed by atoms with E-state index in [-0.39, 0.29) is 17.5 Å². The number of nitrogens with one attached hydrogen (secondary N) is 1. The molecule has 0 unspecified atom stereocenters. The summed E-state index contributed by atoms with van der Waals surface area (Å²) >= 11 is 0. The molecule has 7 nitrogen and oxygen atoms in total. The summed E-state index contributed by atoms with van der Waals surface area (Å²) in [6.45, 7) is 3.02. The summed E-state index contributed by atoms with van der Waals surface area (Å²) in [5.41, 5.74) is 0. The van der Waals surface area contributed by atoms with Gasteiger partial charge in [-0.2, -0.15) is 0 Å². The maximum Gasteiger partial charge on any atom is 0.240 e. The van der Waals surface area contributed by atoms with Gasteiger partial charge in [0.25, 0.3) is 0 Å². The Hall–Kier alpha value is -2.03. The second-order valence-corrected chi connectivity index (χ2v) is 8.91. The maximum atomic E-state index is 12.9. The van der Waals surface area contributed by atoms with Gasteiger partial charge in [0.1, 0.15) is 19.0 Å². The number of likely N-dealkylation sites (tertiary alicyclic amines) is 1. The summed E-state index contributed by atoms with van der Waals surface area (Å²) in [4.78, 5) is 2.49. The molecule has 3 heterocycles. The van der Waals surface area contributed by atoms with Crippen molar-refractivity contribution in [3.63, 3.8) is 0 Å². The van der Waals surface area contributed by atoms with Crippen LogP contribution in [0.4, 0.5) is 0 Å². The summed E-state index contributed by atoms with van der Waals surface area (Å²) in [5, 5.41) is 0. The van der Waals surface area contributed by atoms with E-state index in [0.717, 1.165) is 31.7 Å². The van der Waals surface area contributed by atoms with Crippen molar-refractivity contribution in [2.45, 2.75) is 36.6 Å². The van der Waals surface area contributed by atoms with Crippen molar-refractivity contribution in [3.05, 3.63) is 42.4 Å². The molecule has 1 N–H and O–H groups in total. The van der Waals surface area contributed by atoms with E-state index in [1.165, 1.54) is 18.9 Å². The maximum absolute atomic E-state index is 12.9. The van der Waals surface area contributed by atoms with Gasteiger partial charge in [-0.25, -0.2) is 13.1 Å². The predicted octanol–water partition coefficient (Wildman–Crippen LogP) is 2.95. The van der Waals surface area contributed by atoms with Gasteiger partial charge in [0.15, 0.2) is 11.5 Å². The van der Waals surface area contributed by atoms with Gasteiger partial charge in [0.05, 0.1) is 17.2 Å². The molecule has 1 saturated heterocycles. The second-order valence-electron chi connectivity index (χ2n) is 7.14. The van der Waals surface area contributed by atoms with E-state index < -0.39 is 10.0 Å². The largest absolute Gasteiger partial charge is 0.486 e. The van der Waals surface area contributed by atoms with Crippen LogP contribution in [-0.2, 0) is 10.0 Å². The van der Waals surface area contributed by atoms with Gasteiger partial charge < -0.3 is 13.9 Å². The van der Waals surface area contributed by atoms with Crippen molar-refractivity contribution in [3.8, 4) is 11.5 Å². The SMILES string of the molecule is O=S(=O)(NC[C@H](c1ccco1)N1CCCCCC1)c1ccc2c(c1)OCCO2. The van der Waals surface area contributed by atoms with Crippen molar-refractivity contribution in [1.82, 2.24) is 9.62 Å². The predicted molar refractivity (Wildman–Crippen MR) is 104 cm³/mol. The first-order valence-corrected chi connectivity index (χ1v) is 11.3. The van der Waals surface area contributed by atoms with Gasteiger partial charge in [-0.15, -0.1) is 0 Å². The standard InChI is InChI=1S/C20H26N2O5S/c23-28(24,16-7-8-19-20(14-16)27-13-12-26-19)21-15-17(18-6-5-11-25-18)22-9-3-1-2-4-10-22/h5-8,11,14,17,21H,1-4,9-10,12-13,15H2/t17-/m1/s1. The molecule has 1 aromatic carbocycles. The molecule has 0 amide bonds. The Labute approximate surface area is 165 Å². The van der Waals surface area contributed by atoms with Gasteiger partial charge >= 0.3 is 0 Å². The molecule has 28 heavy (non-hydrogen) atoms. The van der Waals surface area contributed by atoms with Crippen LogP contribution in [0.25, 0.3) is 0 Å². The van der Waals surface area contributed by atoms with E-state index in [2.05, 4.69) is 9.62 Å². The number of nitrogens with zero attached hydrogens (tertiary/aromatic N) is 1. The lowest BCUT2D eigenvalue weighted by Crippen LogP contribution is -2.38. The van der Waals surface area contributed by atoms with Crippen LogP contribution in [0.5, 0.6) is 11.5 Å². The molecule has 2 aliphatic heterocycles. The fraction of sp³-hybridized carbons (Fsp3) is 0.500. The molecule has 1 atom stereocenters. The van der Waals surface area contributed by atoms with E-state index in [1.807, 2.05) is 12.1 Å². The Balaban J connectivity index is 1.51. The highest BCUT2D eigenvalue weighted by Crippen LogP contribution is 2.32. The number of furan rings is 1. The number of fused-ring (bicyclic) bond motifs is 1. The fourth-order valence-electron chi connectivity index (χ4n) is 3.76. The highest BCUT2D eigenvalue weighted by Gasteiger charge is 2.27. The van der Waals surface area contributed by atoms with E-state index >= 15 is 0 Å². The first-order valence-electron chi connectivity index (χ1n) is 9.80. The van der Waals surface area contributed by atoms with E-state index in [1.54, 1.807) is 18.4 Å². The monoisotopic (exact) mass is 406 g/mol. The Morgan fingerprint density at radius 1 is 1.00 bits per heavy atom. The van der Waals surface area contributed by atoms with Crippen LogP contribution in [0.2, 0.25) is 0 Å². The highest BCUT2D eigenvalue weighted by atomic mass is 32.2. The van der Waals surface area contributed by atoms with E-state index in [4.69, 9.17) is 13.9 Å². The lowest BCUT2D eigenvalue weighted by Gasteiger charge is -2.29. The second kappa shape index (κ2) is 8.55. The molecular formula is C20H26N2O5S. The number of hydrogen-bond donors (Lipinski definition) is 1. The van der Waals surface area contributed by atoms with Gasteiger partial charge in [0.2, 0.25) is 10.0 Å². The zero-order valence-corrected chi connectivity index (χ0v) is 16.6. The molecule has 2 aromatic rings. The summed E-state index contributed by atoms with van der Waals surface area (Å²) in [5.74, 6) is 1.82. The van der Waals surface area contributed by atoms with Crippen molar-refractivity contribution >= 4 is 10.0 Å². The summed E-state index contributed by atoms with van der Waals surface area (Å²) in [7, 11) is -3.68. The summed E-state index contributed by atoms with van der Waals surface area (Å²) in [6.07, 6.45) is 6.29. The Bertz CT molecular complexity index is 874. The van der Waals surface area contributed by atoms with Crippen LogP contribution < -0.4 is 14.2 Å². The van der Waals surface area contributed by atoms with Gasteiger partial charge in [-0.1, -0.05) is 12.8 Å². The quantitative estimate of drug-likeness (QED) is 0.794. The lowest BCUT2D eigenvalue weighted by molar-refractivity contribution is 0.171. The first-order chi connectivity index (χ1) is 13.6. The molecule has 1 fully saturated rings. The van der Waals surface area contributed by atoms with Crippen LogP contribution in [0.15, 0.2) is 45.9 Å². The Kier molecular flexibility index (Phi) is 5.89. The average Bonchev–Trinajstić information content (AvgIpc) is 3.10. The zero-order chi connectivity index (χ0) is 19.4. The van der Waals surface area contributed by atoms with Crippen LogP contribution in [-0.4, -0.2) is 46.2 Å². The third kappa shape index (κ3) is 4.34. The van der Waals surface area contributed by atoms with Crippen molar-refractivity contribution in [2.24, 2.45) is 0 Å². The van der Waals surface area contributed by atoms with E-state index in [9.17, 15) is 8.42 Å². The number of hydrogen-bond acceptors (Lipinski definition) is 6. The molecule has 1 aromatic heterocycles. The minimum absolute atomic E-state index is 0.125. The summed E-state index contributed by atoms with van der Waals surface area (Å²) in [6, 6.07) is 8.33. The number of rotatable bonds is 6. The fourth-order valence-corrected chi connectivity index (χ4v) is 4.81. The Morgan fingerprint density at radius 2 is 1.75 bits per heavy atom. The van der Waals surface area contributed by atoms with Crippen LogP contribution in [0, 0.1) is 0 Å². The molecule has 0 aliphatic carbocycles. The molecule has 4 rings (SSSR count).